The number of allylic oxidation sites excluding steroid dienone is 3. The average molecular weight is 482 g/mol. The van der Waals surface area contributed by atoms with Crippen molar-refractivity contribution in [3.8, 4) is 11.8 Å². The standard InChI is InChI=1S/C25H24ClN3O3S/c1-4-32-18-11-9-17(10-12-18)29-22(31)14-33-25-20(13-27)24(19-7-5-6-8-21(19)26)23(16(3)30)15(2)28-25/h5-12,24,28H,4,14H2,1-3H3,(H,29,31)/t24-/m0/s1. The molecule has 0 saturated carbocycles. The van der Waals surface area contributed by atoms with E-state index in [4.69, 9.17) is 16.3 Å². The number of thioether (sulfide) groups is 1. The summed E-state index contributed by atoms with van der Waals surface area (Å²) in [6.45, 7) is 5.74. The number of amides is 1. The number of benzene rings is 2. The molecule has 33 heavy (non-hydrogen) atoms. The lowest BCUT2D eigenvalue weighted by atomic mass is 9.81. The second kappa shape index (κ2) is 11.1. The van der Waals surface area contributed by atoms with Crippen LogP contribution in [0.1, 0.15) is 32.3 Å². The molecule has 1 aliphatic heterocycles. The van der Waals surface area contributed by atoms with Crippen molar-refractivity contribution in [1.29, 1.82) is 5.26 Å². The van der Waals surface area contributed by atoms with Gasteiger partial charge in [-0.2, -0.15) is 5.26 Å². The van der Waals surface area contributed by atoms with Gasteiger partial charge in [0.15, 0.2) is 5.78 Å². The number of hydrogen-bond acceptors (Lipinski definition) is 6. The number of nitriles is 1. The van der Waals surface area contributed by atoms with Gasteiger partial charge in [0, 0.05) is 22.0 Å². The summed E-state index contributed by atoms with van der Waals surface area (Å²) in [5, 5.41) is 17.0. The van der Waals surface area contributed by atoms with Gasteiger partial charge in [0.1, 0.15) is 5.75 Å². The highest BCUT2D eigenvalue weighted by molar-refractivity contribution is 8.03. The van der Waals surface area contributed by atoms with E-state index in [2.05, 4.69) is 16.7 Å². The van der Waals surface area contributed by atoms with Crippen molar-refractivity contribution < 1.29 is 14.3 Å². The molecule has 1 aliphatic rings. The van der Waals surface area contributed by atoms with Crippen LogP contribution in [-0.2, 0) is 9.59 Å². The molecule has 8 heteroatoms. The molecule has 170 valence electrons. The summed E-state index contributed by atoms with van der Waals surface area (Å²) in [5.74, 6) is -0.147. The molecular weight excluding hydrogens is 458 g/mol. The predicted molar refractivity (Wildman–Crippen MR) is 132 cm³/mol. The number of anilines is 1. The van der Waals surface area contributed by atoms with Gasteiger partial charge in [0.25, 0.3) is 0 Å². The Morgan fingerprint density at radius 3 is 2.52 bits per heavy atom. The summed E-state index contributed by atoms with van der Waals surface area (Å²) in [7, 11) is 0. The van der Waals surface area contributed by atoms with E-state index in [9.17, 15) is 14.9 Å². The Labute approximate surface area is 202 Å². The molecule has 1 atom stereocenters. The minimum absolute atomic E-state index is 0.0820. The number of ketones is 1. The van der Waals surface area contributed by atoms with Gasteiger partial charge in [-0.05, 0) is 56.7 Å². The molecule has 0 aliphatic carbocycles. The topological polar surface area (TPSA) is 91.2 Å². The number of halogens is 1. The number of Topliss-reactive ketones (excluding diaryl/α,β-unsaturated/α-hetero) is 1. The third-order valence-corrected chi connectivity index (χ3v) is 6.40. The molecule has 2 aromatic carbocycles. The molecule has 0 radical (unpaired) electrons. The monoisotopic (exact) mass is 481 g/mol. The van der Waals surface area contributed by atoms with Crippen molar-refractivity contribution in [3.05, 3.63) is 81.0 Å². The fourth-order valence-corrected chi connectivity index (χ4v) is 4.79. The fraction of sp³-hybridized carbons (Fsp3) is 0.240. The van der Waals surface area contributed by atoms with Crippen LogP contribution in [0.3, 0.4) is 0 Å². The highest BCUT2D eigenvalue weighted by Crippen LogP contribution is 2.42. The van der Waals surface area contributed by atoms with Gasteiger partial charge in [-0.15, -0.1) is 0 Å². The fourth-order valence-electron chi connectivity index (χ4n) is 3.65. The van der Waals surface area contributed by atoms with Crippen LogP contribution in [0.15, 0.2) is 70.4 Å². The minimum Gasteiger partial charge on any atom is -0.494 e. The first-order valence-electron chi connectivity index (χ1n) is 10.4. The van der Waals surface area contributed by atoms with Gasteiger partial charge < -0.3 is 15.4 Å². The Bertz CT molecular complexity index is 1170. The second-order valence-corrected chi connectivity index (χ2v) is 8.72. The van der Waals surface area contributed by atoms with Crippen molar-refractivity contribution in [3.63, 3.8) is 0 Å². The number of hydrogen-bond donors (Lipinski definition) is 2. The quantitative estimate of drug-likeness (QED) is 0.524. The number of nitrogens with zero attached hydrogens (tertiary/aromatic N) is 1. The summed E-state index contributed by atoms with van der Waals surface area (Å²) in [6, 6.07) is 16.5. The van der Waals surface area contributed by atoms with E-state index in [0.29, 0.717) is 44.8 Å². The van der Waals surface area contributed by atoms with Crippen LogP contribution in [0.5, 0.6) is 5.75 Å². The molecule has 0 spiro atoms. The Morgan fingerprint density at radius 1 is 1.21 bits per heavy atom. The highest BCUT2D eigenvalue weighted by atomic mass is 35.5. The third kappa shape index (κ3) is 5.78. The van der Waals surface area contributed by atoms with Crippen LogP contribution in [0, 0.1) is 11.3 Å². The van der Waals surface area contributed by atoms with Crippen LogP contribution >= 0.6 is 23.4 Å². The lowest BCUT2D eigenvalue weighted by Gasteiger charge is -2.29. The number of ether oxygens (including phenoxy) is 1. The molecule has 2 aromatic rings. The molecule has 0 bridgehead atoms. The van der Waals surface area contributed by atoms with Gasteiger partial charge in [-0.1, -0.05) is 41.6 Å². The normalized spacial score (nSPS) is 15.5. The largest absolute Gasteiger partial charge is 0.494 e. The van der Waals surface area contributed by atoms with Crippen molar-refractivity contribution in [2.45, 2.75) is 26.7 Å². The Kier molecular flexibility index (Phi) is 8.21. The Morgan fingerprint density at radius 2 is 1.91 bits per heavy atom. The Balaban J connectivity index is 1.82. The maximum absolute atomic E-state index is 12.5. The number of carbonyl (C=O) groups excluding carboxylic acids is 2. The van der Waals surface area contributed by atoms with Crippen molar-refractivity contribution in [1.82, 2.24) is 5.32 Å². The summed E-state index contributed by atoms with van der Waals surface area (Å²) in [6.07, 6.45) is 0. The molecule has 1 amide bonds. The smallest absolute Gasteiger partial charge is 0.234 e. The first-order chi connectivity index (χ1) is 15.8. The van der Waals surface area contributed by atoms with E-state index < -0.39 is 5.92 Å². The van der Waals surface area contributed by atoms with E-state index in [-0.39, 0.29) is 17.4 Å². The zero-order valence-corrected chi connectivity index (χ0v) is 20.1. The summed E-state index contributed by atoms with van der Waals surface area (Å²) in [4.78, 5) is 25.0. The average Bonchev–Trinajstić information content (AvgIpc) is 2.78. The first-order valence-corrected chi connectivity index (χ1v) is 11.7. The minimum atomic E-state index is -0.598. The van der Waals surface area contributed by atoms with Gasteiger partial charge in [-0.3, -0.25) is 9.59 Å². The molecule has 0 unspecified atom stereocenters. The van der Waals surface area contributed by atoms with Crippen LogP contribution in [0.2, 0.25) is 5.02 Å². The van der Waals surface area contributed by atoms with Gasteiger partial charge in [0.2, 0.25) is 5.91 Å². The van der Waals surface area contributed by atoms with E-state index in [1.54, 1.807) is 43.3 Å². The number of dihydropyridines is 1. The maximum Gasteiger partial charge on any atom is 0.234 e. The molecular formula is C25H24ClN3O3S. The first kappa shape index (κ1) is 24.4. The van der Waals surface area contributed by atoms with Gasteiger partial charge in [0.05, 0.1) is 34.9 Å². The molecule has 0 aromatic heterocycles. The zero-order chi connectivity index (χ0) is 24.0. The number of rotatable bonds is 8. The second-order valence-electron chi connectivity index (χ2n) is 7.32. The van der Waals surface area contributed by atoms with E-state index in [1.807, 2.05) is 19.1 Å². The maximum atomic E-state index is 12.5. The summed E-state index contributed by atoms with van der Waals surface area (Å²) >= 11 is 7.64. The van der Waals surface area contributed by atoms with Gasteiger partial charge >= 0.3 is 0 Å². The lowest BCUT2D eigenvalue weighted by molar-refractivity contribution is -0.114. The van der Waals surface area contributed by atoms with Crippen molar-refractivity contribution in [2.75, 3.05) is 17.7 Å². The summed E-state index contributed by atoms with van der Waals surface area (Å²) < 4.78 is 5.41. The zero-order valence-electron chi connectivity index (χ0n) is 18.6. The van der Waals surface area contributed by atoms with E-state index in [1.165, 1.54) is 18.7 Å². The SMILES string of the molecule is CCOc1ccc(NC(=O)CSC2=C(C#N)[C@H](c3ccccc3Cl)C(C(C)=O)=C(C)N2)cc1. The van der Waals surface area contributed by atoms with Crippen LogP contribution in [-0.4, -0.2) is 24.1 Å². The highest BCUT2D eigenvalue weighted by Gasteiger charge is 2.34. The van der Waals surface area contributed by atoms with Gasteiger partial charge in [-0.25, -0.2) is 0 Å². The number of nitrogens with one attached hydrogen (secondary N) is 2. The molecule has 1 heterocycles. The molecule has 3 rings (SSSR count). The Hall–Kier alpha value is -3.21. The van der Waals surface area contributed by atoms with E-state index >= 15 is 0 Å². The van der Waals surface area contributed by atoms with Crippen molar-refractivity contribution in [2.24, 2.45) is 0 Å². The predicted octanol–water partition coefficient (Wildman–Crippen LogP) is 5.40. The molecule has 0 saturated heterocycles. The molecule has 0 fully saturated rings. The van der Waals surface area contributed by atoms with Crippen LogP contribution in [0.4, 0.5) is 5.69 Å². The summed E-state index contributed by atoms with van der Waals surface area (Å²) in [5.41, 5.74) is 2.82. The lowest BCUT2D eigenvalue weighted by Crippen LogP contribution is -2.28. The molecule has 2 N–H and O–H groups in total. The molecule has 6 nitrogen and oxygen atoms in total. The number of carbonyl (C=O) groups is 2. The van der Waals surface area contributed by atoms with E-state index in [0.717, 1.165) is 5.75 Å². The van der Waals surface area contributed by atoms with Crippen molar-refractivity contribution >= 4 is 40.7 Å². The van der Waals surface area contributed by atoms with Crippen LogP contribution in [0.25, 0.3) is 0 Å². The third-order valence-electron chi connectivity index (χ3n) is 5.04. The van der Waals surface area contributed by atoms with Crippen LogP contribution < -0.4 is 15.4 Å².